The fourth-order valence-electron chi connectivity index (χ4n) is 4.56. The molecular weight excluding hydrogens is 438 g/mol. The first-order chi connectivity index (χ1) is 14.1. The van der Waals surface area contributed by atoms with E-state index >= 15 is 0 Å². The number of benzene rings is 2. The van der Waals surface area contributed by atoms with Gasteiger partial charge < -0.3 is 15.5 Å². The Balaban J connectivity index is 0.00000171. The highest BCUT2D eigenvalue weighted by atomic mass is 35.5. The van der Waals surface area contributed by atoms with Crippen LogP contribution in [0.5, 0.6) is 0 Å². The van der Waals surface area contributed by atoms with Crippen LogP contribution in [-0.4, -0.2) is 68.1 Å². The Labute approximate surface area is 196 Å². The third kappa shape index (κ3) is 6.10. The Bertz CT molecular complexity index is 816. The molecule has 170 valence electrons. The zero-order chi connectivity index (χ0) is 20.2. The van der Waals surface area contributed by atoms with Crippen molar-refractivity contribution >= 4 is 36.4 Å². The van der Waals surface area contributed by atoms with Gasteiger partial charge in [-0.2, -0.15) is 0 Å². The molecule has 8 heteroatoms. The minimum atomic E-state index is -0.224. The van der Waals surface area contributed by atoms with Gasteiger partial charge in [-0.25, -0.2) is 4.39 Å². The molecule has 1 amide bonds. The Morgan fingerprint density at radius 2 is 1.58 bits per heavy atom. The molecule has 0 spiro atoms. The number of hydrogen-bond donors (Lipinski definition) is 1. The second-order valence-electron chi connectivity index (χ2n) is 8.05. The van der Waals surface area contributed by atoms with E-state index in [-0.39, 0.29) is 36.5 Å². The Morgan fingerprint density at radius 1 is 0.935 bits per heavy atom. The van der Waals surface area contributed by atoms with E-state index in [0.29, 0.717) is 38.0 Å². The van der Waals surface area contributed by atoms with Crippen LogP contribution in [0.1, 0.15) is 11.5 Å². The van der Waals surface area contributed by atoms with Crippen molar-refractivity contribution in [3.05, 3.63) is 66.0 Å². The molecule has 2 fully saturated rings. The van der Waals surface area contributed by atoms with Crippen molar-refractivity contribution in [2.75, 3.05) is 57.3 Å². The van der Waals surface area contributed by atoms with Crippen LogP contribution in [0.3, 0.4) is 0 Å². The van der Waals surface area contributed by atoms with Crippen LogP contribution in [0.25, 0.3) is 0 Å². The number of hydrogen-bond acceptors (Lipinski definition) is 4. The van der Waals surface area contributed by atoms with Crippen LogP contribution >= 0.6 is 24.8 Å². The molecule has 2 aliphatic heterocycles. The number of carbonyl (C=O) groups excluding carboxylic acids is 1. The largest absolute Gasteiger partial charge is 0.368 e. The van der Waals surface area contributed by atoms with Crippen LogP contribution in [0.2, 0.25) is 0 Å². The molecule has 2 aromatic rings. The summed E-state index contributed by atoms with van der Waals surface area (Å²) in [6, 6.07) is 17.0. The molecule has 2 N–H and O–H groups in total. The summed E-state index contributed by atoms with van der Waals surface area (Å²) in [4.78, 5) is 19.3. The lowest BCUT2D eigenvalue weighted by molar-refractivity contribution is -0.132. The number of rotatable bonds is 5. The molecule has 0 radical (unpaired) electrons. The molecule has 0 aliphatic carbocycles. The maximum atomic E-state index is 13.1. The molecule has 2 saturated heterocycles. The van der Waals surface area contributed by atoms with Gasteiger partial charge in [-0.15, -0.1) is 24.8 Å². The zero-order valence-corrected chi connectivity index (χ0v) is 19.2. The van der Waals surface area contributed by atoms with Crippen molar-refractivity contribution in [3.63, 3.8) is 0 Å². The number of likely N-dealkylation sites (tertiary alicyclic amines) is 1. The van der Waals surface area contributed by atoms with E-state index in [4.69, 9.17) is 5.73 Å². The van der Waals surface area contributed by atoms with E-state index in [1.54, 1.807) is 12.1 Å². The van der Waals surface area contributed by atoms with E-state index in [2.05, 4.69) is 34.1 Å². The highest BCUT2D eigenvalue weighted by molar-refractivity contribution is 5.85. The molecule has 0 saturated carbocycles. The molecule has 2 aromatic carbocycles. The fraction of sp³-hybridized carbons (Fsp3) is 0.435. The zero-order valence-electron chi connectivity index (χ0n) is 17.5. The van der Waals surface area contributed by atoms with E-state index in [1.807, 2.05) is 11.0 Å². The first-order valence-electron chi connectivity index (χ1n) is 10.4. The second kappa shape index (κ2) is 11.7. The topological polar surface area (TPSA) is 52.8 Å². The quantitative estimate of drug-likeness (QED) is 0.732. The third-order valence-corrected chi connectivity index (χ3v) is 6.23. The monoisotopic (exact) mass is 468 g/mol. The van der Waals surface area contributed by atoms with Gasteiger partial charge in [0.2, 0.25) is 5.91 Å². The lowest BCUT2D eigenvalue weighted by Crippen LogP contribution is -2.51. The smallest absolute Gasteiger partial charge is 0.236 e. The van der Waals surface area contributed by atoms with Gasteiger partial charge in [-0.05, 0) is 42.3 Å². The predicted molar refractivity (Wildman–Crippen MR) is 128 cm³/mol. The maximum absolute atomic E-state index is 13.1. The minimum Gasteiger partial charge on any atom is -0.368 e. The molecular formula is C23H31Cl2FN4O. The van der Waals surface area contributed by atoms with E-state index in [9.17, 15) is 9.18 Å². The van der Waals surface area contributed by atoms with Gasteiger partial charge in [0, 0.05) is 50.9 Å². The normalized spacial score (nSPS) is 21.4. The van der Waals surface area contributed by atoms with Crippen LogP contribution in [0, 0.1) is 11.7 Å². The molecule has 2 atom stereocenters. The summed E-state index contributed by atoms with van der Waals surface area (Å²) in [5.41, 5.74) is 8.35. The van der Waals surface area contributed by atoms with Gasteiger partial charge in [-0.3, -0.25) is 9.69 Å². The van der Waals surface area contributed by atoms with Gasteiger partial charge in [0.05, 0.1) is 6.54 Å². The number of nitrogens with zero attached hydrogens (tertiary/aromatic N) is 3. The molecule has 0 aromatic heterocycles. The van der Waals surface area contributed by atoms with Crippen molar-refractivity contribution in [1.29, 1.82) is 0 Å². The Hall–Kier alpha value is -1.86. The molecule has 4 rings (SSSR count). The van der Waals surface area contributed by atoms with Crippen LogP contribution in [-0.2, 0) is 4.79 Å². The van der Waals surface area contributed by atoms with E-state index in [1.165, 1.54) is 17.7 Å². The lowest BCUT2D eigenvalue weighted by atomic mass is 9.89. The van der Waals surface area contributed by atoms with Gasteiger partial charge in [0.15, 0.2) is 0 Å². The van der Waals surface area contributed by atoms with Gasteiger partial charge in [-0.1, -0.05) is 30.3 Å². The molecule has 0 unspecified atom stereocenters. The van der Waals surface area contributed by atoms with Crippen molar-refractivity contribution in [2.24, 2.45) is 11.7 Å². The fourth-order valence-corrected chi connectivity index (χ4v) is 4.56. The SMILES string of the molecule is Cl.Cl.NC[C@@H]1CN(CC(=O)N2CCN(c3ccc(F)cc3)CC2)C[C@H]1c1ccccc1. The van der Waals surface area contributed by atoms with Crippen LogP contribution < -0.4 is 10.6 Å². The average Bonchev–Trinajstić information content (AvgIpc) is 3.18. The van der Waals surface area contributed by atoms with Gasteiger partial charge >= 0.3 is 0 Å². The summed E-state index contributed by atoms with van der Waals surface area (Å²) in [5.74, 6) is 0.746. The lowest BCUT2D eigenvalue weighted by Gasteiger charge is -2.36. The number of carbonyl (C=O) groups is 1. The predicted octanol–water partition coefficient (Wildman–Crippen LogP) is 2.99. The number of amides is 1. The molecule has 2 heterocycles. The van der Waals surface area contributed by atoms with Crippen LogP contribution in [0.4, 0.5) is 10.1 Å². The molecule has 0 bridgehead atoms. The first kappa shape index (κ1) is 25.4. The van der Waals surface area contributed by atoms with Crippen LogP contribution in [0.15, 0.2) is 54.6 Å². The maximum Gasteiger partial charge on any atom is 0.236 e. The number of piperazine rings is 1. The summed E-state index contributed by atoms with van der Waals surface area (Å²) in [6.07, 6.45) is 0. The van der Waals surface area contributed by atoms with Gasteiger partial charge in [0.25, 0.3) is 0 Å². The summed E-state index contributed by atoms with van der Waals surface area (Å²) >= 11 is 0. The van der Waals surface area contributed by atoms with Crippen molar-refractivity contribution in [3.8, 4) is 0 Å². The third-order valence-electron chi connectivity index (χ3n) is 6.23. The molecule has 31 heavy (non-hydrogen) atoms. The van der Waals surface area contributed by atoms with E-state index < -0.39 is 0 Å². The summed E-state index contributed by atoms with van der Waals surface area (Å²) < 4.78 is 13.1. The van der Waals surface area contributed by atoms with Crippen molar-refractivity contribution in [2.45, 2.75) is 5.92 Å². The molecule has 5 nitrogen and oxygen atoms in total. The summed E-state index contributed by atoms with van der Waals surface area (Å²) in [6.45, 7) is 5.80. The van der Waals surface area contributed by atoms with Gasteiger partial charge in [0.1, 0.15) is 5.82 Å². The Morgan fingerprint density at radius 3 is 2.19 bits per heavy atom. The van der Waals surface area contributed by atoms with Crippen molar-refractivity contribution < 1.29 is 9.18 Å². The number of halogens is 3. The summed E-state index contributed by atoms with van der Waals surface area (Å²) in [5, 5.41) is 0. The summed E-state index contributed by atoms with van der Waals surface area (Å²) in [7, 11) is 0. The Kier molecular flexibility index (Phi) is 9.56. The van der Waals surface area contributed by atoms with Crippen molar-refractivity contribution in [1.82, 2.24) is 9.80 Å². The second-order valence-corrected chi connectivity index (χ2v) is 8.05. The number of nitrogens with two attached hydrogens (primary N) is 1. The number of anilines is 1. The first-order valence-corrected chi connectivity index (χ1v) is 10.4. The van der Waals surface area contributed by atoms with E-state index in [0.717, 1.165) is 31.9 Å². The average molecular weight is 469 g/mol. The minimum absolute atomic E-state index is 0. The highest BCUT2D eigenvalue weighted by Gasteiger charge is 2.34. The highest BCUT2D eigenvalue weighted by Crippen LogP contribution is 2.32. The standard InChI is InChI=1S/C23H29FN4O.2ClH/c24-20-6-8-21(9-7-20)27-10-12-28(13-11-27)23(29)17-26-15-19(14-25)22(16-26)18-4-2-1-3-5-18;;/h1-9,19,22H,10-17,25H2;2*1H/t19-,22+;;/m1../s1. The molecule has 2 aliphatic rings.